The second-order valence-corrected chi connectivity index (χ2v) is 7.36. The van der Waals surface area contributed by atoms with Crippen LogP contribution in [0.5, 0.6) is 5.75 Å². The normalized spacial score (nSPS) is 18.1. The molecule has 0 unspecified atom stereocenters. The van der Waals surface area contributed by atoms with Gasteiger partial charge in [-0.3, -0.25) is 4.98 Å². The first kappa shape index (κ1) is 14.6. The predicted octanol–water partition coefficient (Wildman–Crippen LogP) is 2.30. The molecule has 1 saturated heterocycles. The first-order valence-electron chi connectivity index (χ1n) is 6.72. The second-order valence-electron chi connectivity index (χ2n) is 4.86. The van der Waals surface area contributed by atoms with E-state index in [0.717, 1.165) is 5.39 Å². The van der Waals surface area contributed by atoms with Crippen molar-refractivity contribution in [2.24, 2.45) is 0 Å². The van der Waals surface area contributed by atoms with E-state index in [1.807, 2.05) is 12.1 Å². The third-order valence-corrected chi connectivity index (χ3v) is 5.77. The van der Waals surface area contributed by atoms with Gasteiger partial charge in [0.2, 0.25) is 10.0 Å². The summed E-state index contributed by atoms with van der Waals surface area (Å²) < 4.78 is 30.6. The number of rotatable bonds is 4. The van der Waals surface area contributed by atoms with E-state index in [1.165, 1.54) is 4.31 Å². The highest BCUT2D eigenvalue weighted by Crippen LogP contribution is 2.29. The lowest BCUT2D eigenvalue weighted by Crippen LogP contribution is -2.30. The Labute approximate surface area is 128 Å². The molecule has 0 aliphatic carbocycles. The van der Waals surface area contributed by atoms with Gasteiger partial charge >= 0.3 is 0 Å². The molecule has 0 spiro atoms. The van der Waals surface area contributed by atoms with Gasteiger partial charge in [-0.05, 0) is 30.7 Å². The molecule has 0 saturated carbocycles. The number of ether oxygens (including phenoxy) is 1. The maximum absolute atomic E-state index is 11.7. The minimum atomic E-state index is -3.07. The molecule has 2 heterocycles. The Morgan fingerprint density at radius 2 is 2.19 bits per heavy atom. The zero-order valence-electron chi connectivity index (χ0n) is 11.3. The number of benzene rings is 1. The zero-order chi connectivity index (χ0) is 14.9. The highest BCUT2D eigenvalue weighted by atomic mass is 35.5. The van der Waals surface area contributed by atoms with E-state index in [0.29, 0.717) is 42.4 Å². The van der Waals surface area contributed by atoms with Crippen molar-refractivity contribution in [3.8, 4) is 5.75 Å². The number of hydrogen-bond donors (Lipinski definition) is 0. The van der Waals surface area contributed by atoms with Crippen LogP contribution < -0.4 is 4.74 Å². The highest BCUT2D eigenvalue weighted by molar-refractivity contribution is 7.89. The van der Waals surface area contributed by atoms with Gasteiger partial charge in [0.25, 0.3) is 0 Å². The molecule has 1 aliphatic heterocycles. The van der Waals surface area contributed by atoms with Crippen LogP contribution in [0.3, 0.4) is 0 Å². The van der Waals surface area contributed by atoms with Crippen molar-refractivity contribution >= 4 is 32.5 Å². The second kappa shape index (κ2) is 5.79. The van der Waals surface area contributed by atoms with E-state index in [-0.39, 0.29) is 5.75 Å². The third-order valence-electron chi connectivity index (χ3n) is 3.48. The molecule has 2 aromatic rings. The summed E-state index contributed by atoms with van der Waals surface area (Å²) in [6.45, 7) is 1.23. The van der Waals surface area contributed by atoms with Crippen LogP contribution in [0.15, 0.2) is 30.5 Å². The summed E-state index contributed by atoms with van der Waals surface area (Å²) in [5.74, 6) is 0.852. The van der Waals surface area contributed by atoms with Crippen LogP contribution in [0.4, 0.5) is 0 Å². The number of aromatic nitrogens is 1. The van der Waals surface area contributed by atoms with Crippen LogP contribution in [0.2, 0.25) is 5.02 Å². The predicted molar refractivity (Wildman–Crippen MR) is 82.2 cm³/mol. The molecule has 21 heavy (non-hydrogen) atoms. The van der Waals surface area contributed by atoms with Gasteiger partial charge in [-0.15, -0.1) is 0 Å². The molecule has 7 heteroatoms. The fraction of sp³-hybridized carbons (Fsp3) is 0.357. The summed E-state index contributed by atoms with van der Waals surface area (Å²) >= 11 is 6.12. The fourth-order valence-corrected chi connectivity index (χ4v) is 4.16. The average molecular weight is 327 g/mol. The number of sulfonamides is 1. The molecule has 0 amide bonds. The van der Waals surface area contributed by atoms with Crippen LogP contribution >= 0.6 is 11.6 Å². The van der Waals surface area contributed by atoms with Crippen molar-refractivity contribution in [2.45, 2.75) is 6.42 Å². The van der Waals surface area contributed by atoms with Crippen LogP contribution in [0, 0.1) is 0 Å². The van der Waals surface area contributed by atoms with Crippen molar-refractivity contribution in [1.29, 1.82) is 0 Å². The van der Waals surface area contributed by atoms with Crippen molar-refractivity contribution in [1.82, 2.24) is 9.29 Å². The van der Waals surface area contributed by atoms with E-state index in [4.69, 9.17) is 16.3 Å². The summed E-state index contributed by atoms with van der Waals surface area (Å²) in [5.41, 5.74) is 0.689. The van der Waals surface area contributed by atoms with Gasteiger partial charge in [0.15, 0.2) is 0 Å². The molecule has 1 fully saturated rings. The summed E-state index contributed by atoms with van der Waals surface area (Å²) in [7, 11) is -3.07. The third kappa shape index (κ3) is 2.97. The van der Waals surface area contributed by atoms with E-state index in [2.05, 4.69) is 4.98 Å². The van der Waals surface area contributed by atoms with Gasteiger partial charge < -0.3 is 4.74 Å². The Bertz CT molecular complexity index is 764. The van der Waals surface area contributed by atoms with Crippen LogP contribution in [-0.2, 0) is 10.0 Å². The summed E-state index contributed by atoms with van der Waals surface area (Å²) in [6.07, 6.45) is 2.37. The lowest BCUT2D eigenvalue weighted by molar-refractivity contribution is 0.281. The molecule has 0 radical (unpaired) electrons. The monoisotopic (exact) mass is 326 g/mol. The Morgan fingerprint density at radius 3 is 2.95 bits per heavy atom. The van der Waals surface area contributed by atoms with Gasteiger partial charge in [0.1, 0.15) is 17.9 Å². The average Bonchev–Trinajstić information content (AvgIpc) is 2.81. The fourth-order valence-electron chi connectivity index (χ4n) is 2.43. The van der Waals surface area contributed by atoms with Gasteiger partial charge in [-0.25, -0.2) is 8.42 Å². The van der Waals surface area contributed by atoms with Crippen molar-refractivity contribution in [3.63, 3.8) is 0 Å². The van der Waals surface area contributed by atoms with Crippen LogP contribution in [0.1, 0.15) is 6.42 Å². The molecule has 0 N–H and O–H groups in total. The Balaban J connectivity index is 1.73. The van der Waals surface area contributed by atoms with Crippen molar-refractivity contribution < 1.29 is 13.2 Å². The molecule has 112 valence electrons. The molecule has 0 atom stereocenters. The molecule has 1 aliphatic rings. The number of hydrogen-bond acceptors (Lipinski definition) is 4. The van der Waals surface area contributed by atoms with Gasteiger partial charge in [0, 0.05) is 24.7 Å². The maximum Gasteiger partial charge on any atom is 0.214 e. The Morgan fingerprint density at radius 1 is 1.33 bits per heavy atom. The van der Waals surface area contributed by atoms with E-state index < -0.39 is 10.0 Å². The summed E-state index contributed by atoms with van der Waals surface area (Å²) in [5, 5.41) is 1.44. The number of halogens is 1. The molecule has 1 aromatic heterocycles. The van der Waals surface area contributed by atoms with Gasteiger partial charge in [-0.1, -0.05) is 11.6 Å². The van der Waals surface area contributed by atoms with Crippen molar-refractivity contribution in [2.75, 3.05) is 25.4 Å². The minimum absolute atomic E-state index is 0.235. The van der Waals surface area contributed by atoms with Crippen molar-refractivity contribution in [3.05, 3.63) is 35.5 Å². The SMILES string of the molecule is O=S1(=O)CCCN1CCOc1ccc(Cl)c2cccnc12. The summed E-state index contributed by atoms with van der Waals surface area (Å²) in [4.78, 5) is 4.28. The topological polar surface area (TPSA) is 59.5 Å². The molecule has 0 bridgehead atoms. The van der Waals surface area contributed by atoms with Crippen LogP contribution in [-0.4, -0.2) is 43.2 Å². The lowest BCUT2D eigenvalue weighted by atomic mass is 10.2. The van der Waals surface area contributed by atoms with Gasteiger partial charge in [-0.2, -0.15) is 4.31 Å². The van der Waals surface area contributed by atoms with Crippen LogP contribution in [0.25, 0.3) is 10.9 Å². The number of fused-ring (bicyclic) bond motifs is 1. The smallest absolute Gasteiger partial charge is 0.214 e. The summed E-state index contributed by atoms with van der Waals surface area (Å²) in [6, 6.07) is 7.21. The lowest BCUT2D eigenvalue weighted by Gasteiger charge is -2.15. The molecular weight excluding hydrogens is 312 g/mol. The first-order chi connectivity index (χ1) is 10.1. The van der Waals surface area contributed by atoms with E-state index in [1.54, 1.807) is 18.3 Å². The number of pyridine rings is 1. The quantitative estimate of drug-likeness (QED) is 0.865. The molecule has 3 rings (SSSR count). The molecule has 5 nitrogen and oxygen atoms in total. The van der Waals surface area contributed by atoms with Gasteiger partial charge in [0.05, 0.1) is 10.8 Å². The Kier molecular flexibility index (Phi) is 4.01. The zero-order valence-corrected chi connectivity index (χ0v) is 12.9. The first-order valence-corrected chi connectivity index (χ1v) is 8.70. The van der Waals surface area contributed by atoms with E-state index >= 15 is 0 Å². The Hall–Kier alpha value is -1.37. The molecular formula is C14H15ClN2O3S. The van der Waals surface area contributed by atoms with E-state index in [9.17, 15) is 8.42 Å². The standard InChI is InChI=1S/C14H15ClN2O3S/c15-12-4-5-13(14-11(12)3-1-6-16-14)20-9-8-17-7-2-10-21(17,18)19/h1,3-6H,2,7-10H2. The minimum Gasteiger partial charge on any atom is -0.490 e. The maximum atomic E-state index is 11.7. The highest BCUT2D eigenvalue weighted by Gasteiger charge is 2.27. The largest absolute Gasteiger partial charge is 0.490 e. The molecule has 1 aromatic carbocycles. The number of nitrogens with zero attached hydrogens (tertiary/aromatic N) is 2.